The lowest BCUT2D eigenvalue weighted by Gasteiger charge is -2.05. The standard InChI is InChI=1S/C11H11N3O2/c1-7-3-5-16-10(7)11(15)14-9-2-4-13-6-8(9)12/h2-6H,12H2,1H3,(H,13,14,15). The molecule has 82 valence electrons. The van der Waals surface area contributed by atoms with Crippen LogP contribution in [-0.2, 0) is 0 Å². The topological polar surface area (TPSA) is 81.2 Å². The minimum atomic E-state index is -0.319. The molecule has 1 amide bonds. The van der Waals surface area contributed by atoms with Gasteiger partial charge in [-0.15, -0.1) is 0 Å². The highest BCUT2D eigenvalue weighted by Crippen LogP contribution is 2.17. The van der Waals surface area contributed by atoms with Crippen LogP contribution in [0, 0.1) is 6.92 Å². The molecular formula is C11H11N3O2. The van der Waals surface area contributed by atoms with Crippen LogP contribution >= 0.6 is 0 Å². The zero-order valence-corrected chi connectivity index (χ0v) is 8.73. The lowest BCUT2D eigenvalue weighted by atomic mass is 10.2. The van der Waals surface area contributed by atoms with Crippen LogP contribution in [0.25, 0.3) is 0 Å². The summed E-state index contributed by atoms with van der Waals surface area (Å²) in [6.45, 7) is 1.80. The van der Waals surface area contributed by atoms with Crippen molar-refractivity contribution in [2.45, 2.75) is 6.92 Å². The number of hydrogen-bond donors (Lipinski definition) is 2. The van der Waals surface area contributed by atoms with Crippen molar-refractivity contribution in [2.24, 2.45) is 0 Å². The highest BCUT2D eigenvalue weighted by molar-refractivity contribution is 6.04. The molecular weight excluding hydrogens is 206 g/mol. The molecule has 0 aliphatic rings. The predicted octanol–water partition coefficient (Wildman–Crippen LogP) is 1.82. The van der Waals surface area contributed by atoms with E-state index < -0.39 is 0 Å². The van der Waals surface area contributed by atoms with Crippen molar-refractivity contribution >= 4 is 17.3 Å². The van der Waals surface area contributed by atoms with E-state index >= 15 is 0 Å². The molecule has 0 saturated heterocycles. The number of nitrogen functional groups attached to an aromatic ring is 1. The average Bonchev–Trinajstić information content (AvgIpc) is 2.68. The first-order valence-electron chi connectivity index (χ1n) is 4.73. The molecule has 5 nitrogen and oxygen atoms in total. The summed E-state index contributed by atoms with van der Waals surface area (Å²) in [5.74, 6) is -0.0309. The largest absolute Gasteiger partial charge is 0.459 e. The Morgan fingerprint density at radius 1 is 1.50 bits per heavy atom. The molecule has 0 aliphatic heterocycles. The number of furan rings is 1. The molecule has 5 heteroatoms. The third kappa shape index (κ3) is 1.88. The maximum Gasteiger partial charge on any atom is 0.291 e. The molecule has 3 N–H and O–H groups in total. The molecule has 0 aromatic carbocycles. The van der Waals surface area contributed by atoms with Gasteiger partial charge in [-0.3, -0.25) is 9.78 Å². The average molecular weight is 217 g/mol. The summed E-state index contributed by atoms with van der Waals surface area (Å²) in [5.41, 5.74) is 7.38. The lowest BCUT2D eigenvalue weighted by Crippen LogP contribution is -2.13. The summed E-state index contributed by atoms with van der Waals surface area (Å²) in [7, 11) is 0. The number of carbonyl (C=O) groups excluding carboxylic acids is 1. The summed E-state index contributed by atoms with van der Waals surface area (Å²) in [6, 6.07) is 3.36. The molecule has 2 rings (SSSR count). The Morgan fingerprint density at radius 2 is 2.31 bits per heavy atom. The van der Waals surface area contributed by atoms with E-state index in [2.05, 4.69) is 10.3 Å². The maximum atomic E-state index is 11.8. The van der Waals surface area contributed by atoms with E-state index in [9.17, 15) is 4.79 Å². The fraction of sp³-hybridized carbons (Fsp3) is 0.0909. The number of nitrogens with zero attached hydrogens (tertiary/aromatic N) is 1. The zero-order valence-electron chi connectivity index (χ0n) is 8.73. The maximum absolute atomic E-state index is 11.8. The van der Waals surface area contributed by atoms with Crippen LogP contribution in [0.1, 0.15) is 16.1 Å². The van der Waals surface area contributed by atoms with E-state index in [1.165, 1.54) is 12.5 Å². The Labute approximate surface area is 92.3 Å². The Bertz CT molecular complexity index is 519. The third-order valence-electron chi connectivity index (χ3n) is 2.17. The molecule has 0 saturated carbocycles. The van der Waals surface area contributed by atoms with Gasteiger partial charge in [0.2, 0.25) is 0 Å². The first-order valence-corrected chi connectivity index (χ1v) is 4.73. The van der Waals surface area contributed by atoms with Crippen molar-refractivity contribution < 1.29 is 9.21 Å². The van der Waals surface area contributed by atoms with E-state index in [-0.39, 0.29) is 11.7 Å². The molecule has 0 fully saturated rings. The summed E-state index contributed by atoms with van der Waals surface area (Å²) in [5, 5.41) is 2.66. The fourth-order valence-corrected chi connectivity index (χ4v) is 1.30. The molecule has 0 aliphatic carbocycles. The summed E-state index contributed by atoms with van der Waals surface area (Å²) in [4.78, 5) is 15.6. The molecule has 2 aromatic rings. The zero-order chi connectivity index (χ0) is 11.5. The lowest BCUT2D eigenvalue weighted by molar-refractivity contribution is 0.0996. The Morgan fingerprint density at radius 3 is 2.94 bits per heavy atom. The SMILES string of the molecule is Cc1ccoc1C(=O)Nc1ccncc1N. The molecule has 0 bridgehead atoms. The molecule has 0 atom stereocenters. The first kappa shape index (κ1) is 10.2. The number of anilines is 2. The van der Waals surface area contributed by atoms with Gasteiger partial charge in [-0.25, -0.2) is 0 Å². The number of aromatic nitrogens is 1. The van der Waals surface area contributed by atoms with Crippen LogP contribution in [0.3, 0.4) is 0 Å². The number of rotatable bonds is 2. The number of nitrogens with two attached hydrogens (primary N) is 1. The summed E-state index contributed by atoms with van der Waals surface area (Å²) >= 11 is 0. The quantitative estimate of drug-likeness (QED) is 0.803. The van der Waals surface area contributed by atoms with Gasteiger partial charge in [-0.05, 0) is 19.1 Å². The van der Waals surface area contributed by atoms with Crippen LogP contribution in [0.5, 0.6) is 0 Å². The van der Waals surface area contributed by atoms with E-state index in [1.807, 2.05) is 0 Å². The van der Waals surface area contributed by atoms with Crippen molar-refractivity contribution in [3.05, 3.63) is 42.1 Å². The second-order valence-electron chi connectivity index (χ2n) is 3.35. The molecule has 0 unspecified atom stereocenters. The van der Waals surface area contributed by atoms with Gasteiger partial charge in [0.1, 0.15) is 0 Å². The highest BCUT2D eigenvalue weighted by Gasteiger charge is 2.13. The second-order valence-corrected chi connectivity index (χ2v) is 3.35. The number of aryl methyl sites for hydroxylation is 1. The van der Waals surface area contributed by atoms with Gasteiger partial charge >= 0.3 is 0 Å². The minimum absolute atomic E-state index is 0.288. The fourth-order valence-electron chi connectivity index (χ4n) is 1.30. The van der Waals surface area contributed by atoms with Gasteiger partial charge in [-0.2, -0.15) is 0 Å². The van der Waals surface area contributed by atoms with Crippen molar-refractivity contribution in [1.29, 1.82) is 0 Å². The number of hydrogen-bond acceptors (Lipinski definition) is 4. The van der Waals surface area contributed by atoms with Gasteiger partial charge in [0.15, 0.2) is 5.76 Å². The van der Waals surface area contributed by atoms with E-state index in [0.717, 1.165) is 5.56 Å². The number of amides is 1. The van der Waals surface area contributed by atoms with Gasteiger partial charge in [0.25, 0.3) is 5.91 Å². The molecule has 0 spiro atoms. The van der Waals surface area contributed by atoms with Gasteiger partial charge in [-0.1, -0.05) is 0 Å². The van der Waals surface area contributed by atoms with Crippen LogP contribution in [-0.4, -0.2) is 10.9 Å². The molecule has 2 aromatic heterocycles. The van der Waals surface area contributed by atoms with Crippen LogP contribution in [0.15, 0.2) is 35.2 Å². The Balaban J connectivity index is 2.21. The summed E-state index contributed by atoms with van der Waals surface area (Å²) < 4.78 is 5.07. The van der Waals surface area contributed by atoms with Gasteiger partial charge in [0.05, 0.1) is 23.8 Å². The van der Waals surface area contributed by atoms with E-state index in [4.69, 9.17) is 10.2 Å². The van der Waals surface area contributed by atoms with Crippen LogP contribution < -0.4 is 11.1 Å². The van der Waals surface area contributed by atoms with E-state index in [1.54, 1.807) is 25.3 Å². The third-order valence-corrected chi connectivity index (χ3v) is 2.17. The molecule has 0 radical (unpaired) electrons. The van der Waals surface area contributed by atoms with Gasteiger partial charge in [0, 0.05) is 11.8 Å². The van der Waals surface area contributed by atoms with Crippen LogP contribution in [0.2, 0.25) is 0 Å². The number of pyridine rings is 1. The monoisotopic (exact) mass is 217 g/mol. The second kappa shape index (κ2) is 4.06. The van der Waals surface area contributed by atoms with Crippen molar-refractivity contribution in [1.82, 2.24) is 4.98 Å². The first-order chi connectivity index (χ1) is 7.68. The molecule has 2 heterocycles. The van der Waals surface area contributed by atoms with Crippen molar-refractivity contribution in [3.63, 3.8) is 0 Å². The van der Waals surface area contributed by atoms with Gasteiger partial charge < -0.3 is 15.5 Å². The van der Waals surface area contributed by atoms with Crippen molar-refractivity contribution in [3.8, 4) is 0 Å². The normalized spacial score (nSPS) is 10.1. The number of nitrogens with one attached hydrogen (secondary N) is 1. The van der Waals surface area contributed by atoms with Crippen LogP contribution in [0.4, 0.5) is 11.4 Å². The number of carbonyl (C=O) groups is 1. The molecule has 16 heavy (non-hydrogen) atoms. The Kier molecular flexibility index (Phi) is 2.59. The minimum Gasteiger partial charge on any atom is -0.459 e. The van der Waals surface area contributed by atoms with E-state index in [0.29, 0.717) is 11.4 Å². The highest BCUT2D eigenvalue weighted by atomic mass is 16.3. The predicted molar refractivity (Wildman–Crippen MR) is 60.0 cm³/mol. The smallest absolute Gasteiger partial charge is 0.291 e. The summed E-state index contributed by atoms with van der Waals surface area (Å²) in [6.07, 6.45) is 4.51. The van der Waals surface area contributed by atoms with Crippen molar-refractivity contribution in [2.75, 3.05) is 11.1 Å². The Hall–Kier alpha value is -2.30.